The van der Waals surface area contributed by atoms with E-state index in [9.17, 15) is 43.8 Å². The number of cyclic esters (lactones) is 2. The van der Waals surface area contributed by atoms with Crippen molar-refractivity contribution < 1.29 is 81.7 Å². The van der Waals surface area contributed by atoms with Crippen LogP contribution in [0.3, 0.4) is 0 Å². The zero-order valence-electron chi connectivity index (χ0n) is 32.2. The van der Waals surface area contributed by atoms with Crippen LogP contribution in [0.25, 0.3) is 0 Å². The molecule has 2 bridgehead atoms. The van der Waals surface area contributed by atoms with E-state index in [1.807, 2.05) is 0 Å². The molecule has 2 saturated carbocycles. The molecule has 0 amide bonds. The molecule has 3 aliphatic carbocycles. The maximum atomic E-state index is 15.4. The number of methoxy groups -OCH3 is 1. The third kappa shape index (κ3) is 6.10. The molecule has 0 radical (unpaired) electrons. The summed E-state index contributed by atoms with van der Waals surface area (Å²) in [5.74, 6) is -12.9. The summed E-state index contributed by atoms with van der Waals surface area (Å²) < 4.78 is 38.8. The van der Waals surface area contributed by atoms with Crippen LogP contribution < -0.4 is 0 Å². The van der Waals surface area contributed by atoms with Gasteiger partial charge in [-0.2, -0.15) is 0 Å². The number of hydrogen-bond donors (Lipinski definition) is 2. The first-order valence-electron chi connectivity index (χ1n) is 17.7. The quantitative estimate of drug-likeness (QED) is 0.155. The van der Waals surface area contributed by atoms with Crippen molar-refractivity contribution in [3.8, 4) is 0 Å². The molecule has 300 valence electrons. The maximum absolute atomic E-state index is 15.4. The summed E-state index contributed by atoms with van der Waals surface area (Å²) in [4.78, 5) is 108. The second-order valence-corrected chi connectivity index (χ2v) is 15.7. The Morgan fingerprint density at radius 1 is 0.927 bits per heavy atom. The summed E-state index contributed by atoms with van der Waals surface area (Å²) in [6.07, 6.45) is -6.80. The van der Waals surface area contributed by atoms with Gasteiger partial charge in [-0.3, -0.25) is 24.0 Å². The molecule has 0 aromatic heterocycles. The number of ketones is 1. The number of carbonyl (C=O) groups excluding carboxylic acids is 8. The Kier molecular flexibility index (Phi) is 10.4. The Hall–Kier alpha value is -5.06. The largest absolute Gasteiger partial charge is 0.481 e. The molecule has 1 saturated heterocycles. The number of fused-ring (bicyclic) bond motifs is 5. The van der Waals surface area contributed by atoms with Gasteiger partial charge in [0.15, 0.2) is 11.9 Å². The fraction of sp³-hybridized carbons (Fsp3) is 0.632. The number of allylic oxidation sites excluding steroid dienone is 1. The van der Waals surface area contributed by atoms with Gasteiger partial charge < -0.3 is 43.4 Å². The normalized spacial score (nSPS) is 36.9. The van der Waals surface area contributed by atoms with E-state index in [1.54, 1.807) is 13.8 Å². The average molecular weight is 775 g/mol. The molecule has 0 spiro atoms. The summed E-state index contributed by atoms with van der Waals surface area (Å²) in [6.45, 7) is 12.0. The van der Waals surface area contributed by atoms with Crippen molar-refractivity contribution in [2.75, 3.05) is 7.11 Å². The van der Waals surface area contributed by atoms with Crippen LogP contribution in [0.1, 0.15) is 75.2 Å². The first-order valence-corrected chi connectivity index (χ1v) is 17.7. The fourth-order valence-corrected chi connectivity index (χ4v) is 9.95. The summed E-state index contributed by atoms with van der Waals surface area (Å²) in [6, 6.07) is 0. The third-order valence-electron chi connectivity index (χ3n) is 12.1. The van der Waals surface area contributed by atoms with Crippen molar-refractivity contribution in [1.29, 1.82) is 0 Å². The summed E-state index contributed by atoms with van der Waals surface area (Å²) in [5, 5.41) is 23.3. The van der Waals surface area contributed by atoms with Gasteiger partial charge in [0.1, 0.15) is 18.1 Å². The molecule has 0 aromatic rings. The molecule has 5 rings (SSSR count). The molecule has 11 unspecified atom stereocenters. The highest BCUT2D eigenvalue weighted by Gasteiger charge is 2.80. The van der Waals surface area contributed by atoms with Crippen molar-refractivity contribution in [2.24, 2.45) is 34.0 Å². The summed E-state index contributed by atoms with van der Waals surface area (Å²) in [5.41, 5.74) is -8.33. The van der Waals surface area contributed by atoms with Crippen molar-refractivity contribution in [1.82, 2.24) is 0 Å². The second-order valence-electron chi connectivity index (χ2n) is 15.7. The number of ether oxygens (including phenoxy) is 7. The van der Waals surface area contributed by atoms with Gasteiger partial charge in [0.2, 0.25) is 17.8 Å². The van der Waals surface area contributed by atoms with E-state index in [4.69, 9.17) is 33.2 Å². The van der Waals surface area contributed by atoms with Gasteiger partial charge in [-0.15, -0.1) is 0 Å². The number of aliphatic hydroxyl groups excluding tert-OH is 1. The molecule has 17 heteroatoms. The van der Waals surface area contributed by atoms with Crippen LogP contribution >= 0.6 is 0 Å². The van der Waals surface area contributed by atoms with Gasteiger partial charge in [-0.05, 0) is 43.8 Å². The van der Waals surface area contributed by atoms with Crippen LogP contribution in [0.2, 0.25) is 0 Å². The summed E-state index contributed by atoms with van der Waals surface area (Å²) >= 11 is 0. The van der Waals surface area contributed by atoms with E-state index in [0.29, 0.717) is 0 Å². The maximum Gasteiger partial charge on any atom is 0.352 e. The van der Waals surface area contributed by atoms with E-state index in [-0.39, 0.29) is 29.6 Å². The van der Waals surface area contributed by atoms with Gasteiger partial charge in [-0.1, -0.05) is 33.8 Å². The van der Waals surface area contributed by atoms with E-state index in [1.165, 1.54) is 33.8 Å². The van der Waals surface area contributed by atoms with E-state index < -0.39 is 124 Å². The number of esters is 7. The molecule has 5 aliphatic rings. The van der Waals surface area contributed by atoms with Crippen molar-refractivity contribution in [2.45, 2.75) is 111 Å². The van der Waals surface area contributed by atoms with Gasteiger partial charge in [0.25, 0.3) is 5.95 Å². The lowest BCUT2D eigenvalue weighted by molar-refractivity contribution is -0.267. The zero-order valence-corrected chi connectivity index (χ0v) is 32.2. The minimum absolute atomic E-state index is 0.0266. The van der Waals surface area contributed by atoms with Crippen LogP contribution in [0.15, 0.2) is 34.8 Å². The van der Waals surface area contributed by atoms with E-state index >= 15 is 4.79 Å². The first kappa shape index (κ1) is 41.1. The third-order valence-corrected chi connectivity index (χ3v) is 12.1. The second kappa shape index (κ2) is 13.9. The highest BCUT2D eigenvalue weighted by molar-refractivity contribution is 6.00. The highest BCUT2D eigenvalue weighted by Crippen LogP contribution is 2.69. The Bertz CT molecular complexity index is 1850. The molecule has 2 aliphatic heterocycles. The Morgan fingerprint density at radius 2 is 1.55 bits per heavy atom. The predicted molar refractivity (Wildman–Crippen MR) is 181 cm³/mol. The lowest BCUT2D eigenvalue weighted by atomic mass is 9.38. The molecule has 3 fully saturated rings. The lowest BCUT2D eigenvalue weighted by Crippen LogP contribution is -2.81. The predicted octanol–water partition coefficient (Wildman–Crippen LogP) is 2.02. The molecular weight excluding hydrogens is 728 g/mol. The van der Waals surface area contributed by atoms with Crippen molar-refractivity contribution in [3.63, 3.8) is 0 Å². The minimum Gasteiger partial charge on any atom is -0.481 e. The number of rotatable bonds is 8. The van der Waals surface area contributed by atoms with Crippen LogP contribution in [0.5, 0.6) is 0 Å². The standard InChI is InChI=1S/C38H46O17/c1-11-15(2)29(43)55-34-35(6,7)26(25(31(45)49-10)51-17(4)40)37(9)20-12-13-36(8)23(22(20)28(52-18(5)41)38(34,48)33(37)47)24(50-16(3)39)32(46)54-27(36)19-14-21(42)53-30(19)44/h11,14,19-20,24-28,34,42,48H,12-13H2,1-10H3. The molecule has 2 N–H and O–H groups in total. The highest BCUT2D eigenvalue weighted by atomic mass is 16.6. The monoisotopic (exact) mass is 774 g/mol. The number of aliphatic hydroxyl groups is 2. The molecule has 17 nitrogen and oxygen atoms in total. The smallest absolute Gasteiger partial charge is 0.352 e. The van der Waals surface area contributed by atoms with Crippen molar-refractivity contribution in [3.05, 3.63) is 34.8 Å². The molecular formula is C38H46O17. The lowest BCUT2D eigenvalue weighted by Gasteiger charge is -2.67. The van der Waals surface area contributed by atoms with Gasteiger partial charge in [-0.25, -0.2) is 14.4 Å². The van der Waals surface area contributed by atoms with E-state index in [0.717, 1.165) is 34.0 Å². The zero-order chi connectivity index (χ0) is 41.3. The van der Waals surface area contributed by atoms with Crippen molar-refractivity contribution >= 4 is 47.6 Å². The van der Waals surface area contributed by atoms with E-state index in [2.05, 4.69) is 0 Å². The Labute approximate surface area is 316 Å². The van der Waals surface area contributed by atoms with Crippen LogP contribution in [0.4, 0.5) is 0 Å². The van der Waals surface area contributed by atoms with Crippen LogP contribution in [-0.2, 0) is 71.5 Å². The number of Topliss-reactive ketones (excluding diaryl/α,β-unsaturated/α-hetero) is 1. The topological polar surface area (TPSA) is 242 Å². The summed E-state index contributed by atoms with van der Waals surface area (Å²) in [7, 11) is 1.04. The fourth-order valence-electron chi connectivity index (χ4n) is 9.95. The average Bonchev–Trinajstić information content (AvgIpc) is 3.43. The van der Waals surface area contributed by atoms with Gasteiger partial charge in [0, 0.05) is 54.6 Å². The number of hydrogen-bond acceptors (Lipinski definition) is 17. The van der Waals surface area contributed by atoms with Crippen LogP contribution in [0, 0.1) is 34.0 Å². The van der Waals surface area contributed by atoms with Gasteiger partial charge in [0.05, 0.1) is 7.11 Å². The molecule has 55 heavy (non-hydrogen) atoms. The molecule has 0 aromatic carbocycles. The SMILES string of the molecule is CC=C(C)C(=O)OC1C(C)(C)C(C(OC(C)=O)C(=O)OC)C2(C)C(=O)C1(O)C(OC(C)=O)C1=C3C(OC(C)=O)C(=O)OC(C4C=C(O)OC4=O)C3(C)CCC12. The van der Waals surface area contributed by atoms with Gasteiger partial charge >= 0.3 is 41.8 Å². The Morgan fingerprint density at radius 3 is 2.05 bits per heavy atom. The first-order chi connectivity index (χ1) is 25.4. The number of carbonyl (C=O) groups is 8. The Balaban J connectivity index is 1.96. The minimum atomic E-state index is -2.99. The molecule has 2 heterocycles. The molecule has 11 atom stereocenters. The van der Waals surface area contributed by atoms with Crippen LogP contribution in [-0.4, -0.2) is 101 Å².